The van der Waals surface area contributed by atoms with Gasteiger partial charge in [-0.3, -0.25) is 0 Å². The monoisotopic (exact) mass is 503 g/mol. The molecule has 0 unspecified atom stereocenters. The molecule has 8 heteroatoms. The van der Waals surface area contributed by atoms with E-state index in [1.54, 1.807) is 0 Å². The van der Waals surface area contributed by atoms with E-state index in [0.29, 0.717) is 0 Å². The maximum atomic E-state index is 12.8. The van der Waals surface area contributed by atoms with Crippen LogP contribution in [0.3, 0.4) is 0 Å². The Kier molecular flexibility index (Phi) is 7.06. The molecule has 0 atom stereocenters. The summed E-state index contributed by atoms with van der Waals surface area (Å²) in [6.45, 7) is 0.391. The first-order valence-corrected chi connectivity index (χ1v) is 11.1. The van der Waals surface area contributed by atoms with Crippen molar-refractivity contribution in [2.75, 3.05) is 13.2 Å². The molecule has 0 fully saturated rings. The van der Waals surface area contributed by atoms with Gasteiger partial charge in [-0.2, -0.15) is 13.2 Å². The van der Waals surface area contributed by atoms with E-state index in [9.17, 15) is 18.0 Å². The van der Waals surface area contributed by atoms with E-state index in [0.717, 1.165) is 34.4 Å². The summed E-state index contributed by atoms with van der Waals surface area (Å²) in [6.07, 6.45) is -4.89. The molecule has 174 valence electrons. The Labute approximate surface area is 204 Å². The average Bonchev–Trinajstić information content (AvgIpc) is 3.12. The first-order chi connectivity index (χ1) is 16.3. The van der Waals surface area contributed by atoms with Crippen LogP contribution in [0.2, 0.25) is 10.0 Å². The number of nitrogens with one attached hydrogen (secondary N) is 1. The molecule has 0 radical (unpaired) electrons. The number of halogens is 5. The Bertz CT molecular complexity index is 1230. The van der Waals surface area contributed by atoms with Crippen molar-refractivity contribution in [3.05, 3.63) is 93.0 Å². The molecule has 1 aliphatic rings. The molecule has 0 aliphatic heterocycles. The number of hydrogen-bond donors (Lipinski definition) is 1. The van der Waals surface area contributed by atoms with E-state index < -0.39 is 17.8 Å². The maximum Gasteiger partial charge on any atom is 0.416 e. The molecule has 0 spiro atoms. The zero-order valence-corrected chi connectivity index (χ0v) is 19.2. The Morgan fingerprint density at radius 2 is 1.53 bits per heavy atom. The van der Waals surface area contributed by atoms with Gasteiger partial charge in [0.05, 0.1) is 21.2 Å². The molecule has 0 saturated heterocycles. The van der Waals surface area contributed by atoms with Crippen molar-refractivity contribution in [3.8, 4) is 23.0 Å². The van der Waals surface area contributed by atoms with E-state index >= 15 is 0 Å². The molecule has 0 bridgehead atoms. The Morgan fingerprint density at radius 3 is 2.09 bits per heavy atom. The molecule has 0 saturated carbocycles. The summed E-state index contributed by atoms with van der Waals surface area (Å²) < 4.78 is 43.9. The van der Waals surface area contributed by atoms with Gasteiger partial charge in [-0.25, -0.2) is 4.79 Å². The van der Waals surface area contributed by atoms with Gasteiger partial charge in [0.15, 0.2) is 0 Å². The zero-order chi connectivity index (χ0) is 24.3. The summed E-state index contributed by atoms with van der Waals surface area (Å²) in [7, 11) is 0. The average molecular weight is 504 g/mol. The van der Waals surface area contributed by atoms with Crippen LogP contribution < -0.4 is 5.32 Å². The second-order valence-electron chi connectivity index (χ2n) is 7.62. The van der Waals surface area contributed by atoms with Gasteiger partial charge in [-0.05, 0) is 34.4 Å². The van der Waals surface area contributed by atoms with Crippen LogP contribution in [0.5, 0.6) is 0 Å². The molecule has 34 heavy (non-hydrogen) atoms. The fourth-order valence-corrected chi connectivity index (χ4v) is 4.47. The normalized spacial score (nSPS) is 12.4. The van der Waals surface area contributed by atoms with Gasteiger partial charge in [0, 0.05) is 18.9 Å². The van der Waals surface area contributed by atoms with E-state index in [-0.39, 0.29) is 41.1 Å². The highest BCUT2D eigenvalue weighted by molar-refractivity contribution is 6.36. The van der Waals surface area contributed by atoms with Crippen molar-refractivity contribution in [1.29, 1.82) is 0 Å². The molecular formula is C26H18Cl2F3NO2. The minimum atomic E-state index is -4.55. The van der Waals surface area contributed by atoms with E-state index in [1.165, 1.54) is 0 Å². The van der Waals surface area contributed by atoms with Crippen LogP contribution in [0, 0.1) is 11.8 Å². The number of amides is 1. The van der Waals surface area contributed by atoms with E-state index in [2.05, 4.69) is 29.3 Å². The summed E-state index contributed by atoms with van der Waals surface area (Å²) in [4.78, 5) is 12.2. The van der Waals surface area contributed by atoms with Crippen LogP contribution in [-0.4, -0.2) is 19.2 Å². The lowest BCUT2D eigenvalue weighted by atomic mass is 9.98. The molecular weight excluding hydrogens is 486 g/mol. The van der Waals surface area contributed by atoms with Gasteiger partial charge >= 0.3 is 12.3 Å². The van der Waals surface area contributed by atoms with E-state index in [1.807, 2.05) is 36.4 Å². The highest BCUT2D eigenvalue weighted by Gasteiger charge is 2.32. The van der Waals surface area contributed by atoms with Crippen LogP contribution in [0.4, 0.5) is 18.0 Å². The molecule has 0 heterocycles. The maximum absolute atomic E-state index is 12.8. The summed E-state index contributed by atoms with van der Waals surface area (Å²) in [5, 5.41) is 2.25. The number of alkyl halides is 3. The first kappa shape index (κ1) is 24.0. The molecule has 3 aromatic carbocycles. The number of benzene rings is 3. The molecule has 1 amide bonds. The lowest BCUT2D eigenvalue weighted by molar-refractivity contribution is -0.137. The van der Waals surface area contributed by atoms with E-state index in [4.69, 9.17) is 27.9 Å². The molecule has 3 nitrogen and oxygen atoms in total. The standard InChI is InChI=1S/C26H18Cl2F3NO2/c27-23-13-16(26(29,30)31)14-24(28)21(23)11-5-6-12-32-25(33)34-15-22-19-9-3-1-7-17(19)18-8-2-4-10-20(18)22/h1-4,7-10,13-14,22H,6,12,15H2,(H,32,33). The van der Waals surface area contributed by atoms with Crippen molar-refractivity contribution in [3.63, 3.8) is 0 Å². The zero-order valence-electron chi connectivity index (χ0n) is 17.7. The molecule has 4 rings (SSSR count). The molecule has 0 aromatic heterocycles. The number of hydrogen-bond acceptors (Lipinski definition) is 2. The number of carbonyl (C=O) groups is 1. The minimum Gasteiger partial charge on any atom is -0.449 e. The minimum absolute atomic E-state index is 0.0399. The number of alkyl carbamates (subject to hydrolysis) is 1. The van der Waals surface area contributed by atoms with Crippen LogP contribution in [0.25, 0.3) is 11.1 Å². The largest absolute Gasteiger partial charge is 0.449 e. The van der Waals surface area contributed by atoms with Gasteiger partial charge in [-0.15, -0.1) is 0 Å². The third kappa shape index (κ3) is 5.16. The Balaban J connectivity index is 1.30. The van der Waals surface area contributed by atoms with Crippen molar-refractivity contribution >= 4 is 29.3 Å². The molecule has 3 aromatic rings. The van der Waals surface area contributed by atoms with Gasteiger partial charge in [0.2, 0.25) is 0 Å². The van der Waals surface area contributed by atoms with Crippen molar-refractivity contribution in [2.45, 2.75) is 18.5 Å². The van der Waals surface area contributed by atoms with Crippen LogP contribution >= 0.6 is 23.2 Å². The second kappa shape index (κ2) is 10.0. The number of fused-ring (bicyclic) bond motifs is 3. The predicted octanol–water partition coefficient (Wildman–Crippen LogP) is 7.29. The highest BCUT2D eigenvalue weighted by Crippen LogP contribution is 2.44. The van der Waals surface area contributed by atoms with Crippen molar-refractivity contribution in [2.24, 2.45) is 0 Å². The van der Waals surface area contributed by atoms with Crippen LogP contribution in [0.15, 0.2) is 60.7 Å². The van der Waals surface area contributed by atoms with Crippen molar-refractivity contribution in [1.82, 2.24) is 5.32 Å². The Hall–Kier alpha value is -3.14. The smallest absolute Gasteiger partial charge is 0.416 e. The third-order valence-corrected chi connectivity index (χ3v) is 6.04. The molecule has 1 aliphatic carbocycles. The van der Waals surface area contributed by atoms with Gasteiger partial charge in [0.25, 0.3) is 0 Å². The summed E-state index contributed by atoms with van der Waals surface area (Å²) in [5.41, 5.74) is 3.69. The third-order valence-electron chi connectivity index (χ3n) is 5.45. The van der Waals surface area contributed by atoms with Crippen molar-refractivity contribution < 1.29 is 22.7 Å². The van der Waals surface area contributed by atoms with Crippen LogP contribution in [-0.2, 0) is 10.9 Å². The fourth-order valence-electron chi connectivity index (χ4n) is 3.88. The molecule has 1 N–H and O–H groups in total. The van der Waals surface area contributed by atoms with Gasteiger partial charge in [0.1, 0.15) is 6.61 Å². The summed E-state index contributed by atoms with van der Waals surface area (Å²) in [6, 6.07) is 17.7. The van der Waals surface area contributed by atoms with Gasteiger partial charge in [-0.1, -0.05) is 83.6 Å². The van der Waals surface area contributed by atoms with Gasteiger partial charge < -0.3 is 10.1 Å². The highest BCUT2D eigenvalue weighted by atomic mass is 35.5. The first-order valence-electron chi connectivity index (χ1n) is 10.4. The van der Waals surface area contributed by atoms with Crippen LogP contribution in [0.1, 0.15) is 34.6 Å². The summed E-state index contributed by atoms with van der Waals surface area (Å²) in [5.74, 6) is 5.37. The predicted molar refractivity (Wildman–Crippen MR) is 126 cm³/mol. The SMILES string of the molecule is O=C(NCCC#Cc1c(Cl)cc(C(F)(F)F)cc1Cl)OCC1c2ccccc2-c2ccccc21. The second-order valence-corrected chi connectivity index (χ2v) is 8.43. The topological polar surface area (TPSA) is 38.3 Å². The Morgan fingerprint density at radius 1 is 0.971 bits per heavy atom. The summed E-state index contributed by atoms with van der Waals surface area (Å²) >= 11 is 11.8. The quantitative estimate of drug-likeness (QED) is 0.299. The lowest BCUT2D eigenvalue weighted by Gasteiger charge is -2.14. The number of carbonyl (C=O) groups excluding carboxylic acids is 1. The number of rotatable bonds is 4. The lowest BCUT2D eigenvalue weighted by Crippen LogP contribution is -2.26. The fraction of sp³-hybridized carbons (Fsp3) is 0.192. The number of ether oxygens (including phenoxy) is 1.